The Morgan fingerprint density at radius 3 is 2.71 bits per heavy atom. The van der Waals surface area contributed by atoms with E-state index < -0.39 is 10.0 Å². The zero-order valence-corrected chi connectivity index (χ0v) is 13.2. The monoisotopic (exact) mass is 308 g/mol. The van der Waals surface area contributed by atoms with Crippen LogP contribution in [0.1, 0.15) is 55.7 Å². The molecule has 1 fully saturated rings. The highest BCUT2D eigenvalue weighted by molar-refractivity contribution is 7.89. The van der Waals surface area contributed by atoms with Gasteiger partial charge in [-0.25, -0.2) is 13.1 Å². The summed E-state index contributed by atoms with van der Waals surface area (Å²) in [5, 5.41) is 0. The molecule has 0 aliphatic heterocycles. The molecule has 2 aliphatic carbocycles. The Hall–Kier alpha value is -1.07. The van der Waals surface area contributed by atoms with Gasteiger partial charge in [-0.1, -0.05) is 25.3 Å². The molecule has 3 N–H and O–H groups in total. The minimum absolute atomic E-state index is 0.0826. The van der Waals surface area contributed by atoms with Gasteiger partial charge in [0.2, 0.25) is 10.0 Å². The van der Waals surface area contributed by atoms with E-state index in [0.29, 0.717) is 5.92 Å². The summed E-state index contributed by atoms with van der Waals surface area (Å²) in [6.45, 7) is 0. The van der Waals surface area contributed by atoms with Crippen molar-refractivity contribution in [2.75, 3.05) is 11.5 Å². The van der Waals surface area contributed by atoms with Gasteiger partial charge >= 0.3 is 0 Å². The molecule has 1 aromatic carbocycles. The molecule has 1 aromatic rings. The van der Waals surface area contributed by atoms with E-state index in [0.717, 1.165) is 36.9 Å². The number of rotatable bonds is 5. The molecular weight excluding hydrogens is 284 g/mol. The SMILES string of the molecule is Nc1ccc2c(c1)CCCC2NS(=O)(=O)CCC1CCC1. The number of sulfonamides is 1. The van der Waals surface area contributed by atoms with Crippen LogP contribution in [0.15, 0.2) is 18.2 Å². The lowest BCUT2D eigenvalue weighted by molar-refractivity contribution is 0.307. The van der Waals surface area contributed by atoms with E-state index in [-0.39, 0.29) is 11.8 Å². The van der Waals surface area contributed by atoms with Gasteiger partial charge in [0, 0.05) is 11.7 Å². The van der Waals surface area contributed by atoms with Crippen molar-refractivity contribution < 1.29 is 8.42 Å². The quantitative estimate of drug-likeness (QED) is 0.822. The van der Waals surface area contributed by atoms with Crippen LogP contribution in [0.4, 0.5) is 5.69 Å². The zero-order chi connectivity index (χ0) is 14.9. The molecule has 0 saturated heterocycles. The van der Waals surface area contributed by atoms with E-state index in [2.05, 4.69) is 4.72 Å². The van der Waals surface area contributed by atoms with Crippen LogP contribution in [0.3, 0.4) is 0 Å². The van der Waals surface area contributed by atoms with Crippen LogP contribution in [0.5, 0.6) is 0 Å². The van der Waals surface area contributed by atoms with Crippen LogP contribution in [-0.4, -0.2) is 14.2 Å². The summed E-state index contributed by atoms with van der Waals surface area (Å²) < 4.78 is 27.5. The van der Waals surface area contributed by atoms with Crippen molar-refractivity contribution in [1.29, 1.82) is 0 Å². The van der Waals surface area contributed by atoms with Crippen molar-refractivity contribution in [3.8, 4) is 0 Å². The van der Waals surface area contributed by atoms with Crippen LogP contribution in [0, 0.1) is 5.92 Å². The predicted octanol–water partition coefficient (Wildman–Crippen LogP) is 2.76. The summed E-state index contributed by atoms with van der Waals surface area (Å²) in [6, 6.07) is 5.73. The van der Waals surface area contributed by atoms with Gasteiger partial charge < -0.3 is 5.73 Å². The largest absolute Gasteiger partial charge is 0.399 e. The van der Waals surface area contributed by atoms with Crippen molar-refractivity contribution in [2.45, 2.75) is 51.0 Å². The number of fused-ring (bicyclic) bond motifs is 1. The van der Waals surface area contributed by atoms with Gasteiger partial charge in [0.25, 0.3) is 0 Å². The first-order valence-corrected chi connectivity index (χ1v) is 9.57. The van der Waals surface area contributed by atoms with E-state index in [1.165, 1.54) is 24.8 Å². The fourth-order valence-electron chi connectivity index (χ4n) is 3.34. The molecule has 1 atom stereocenters. The Balaban J connectivity index is 1.67. The molecule has 1 saturated carbocycles. The third-order valence-electron chi connectivity index (χ3n) is 4.82. The summed E-state index contributed by atoms with van der Waals surface area (Å²) in [7, 11) is -3.19. The molecule has 0 radical (unpaired) electrons. The van der Waals surface area contributed by atoms with Crippen molar-refractivity contribution in [3.63, 3.8) is 0 Å². The summed E-state index contributed by atoms with van der Waals surface area (Å²) in [6.07, 6.45) is 7.32. The maximum absolute atomic E-state index is 12.3. The highest BCUT2D eigenvalue weighted by Gasteiger charge is 2.26. The molecule has 3 rings (SSSR count). The average Bonchev–Trinajstić information content (AvgIpc) is 2.36. The van der Waals surface area contributed by atoms with Crippen LogP contribution in [-0.2, 0) is 16.4 Å². The van der Waals surface area contributed by atoms with Crippen LogP contribution < -0.4 is 10.5 Å². The lowest BCUT2D eigenvalue weighted by Crippen LogP contribution is -2.33. The van der Waals surface area contributed by atoms with Crippen LogP contribution in [0.2, 0.25) is 0 Å². The lowest BCUT2D eigenvalue weighted by atomic mass is 9.84. The third kappa shape index (κ3) is 3.58. The van der Waals surface area contributed by atoms with E-state index in [1.807, 2.05) is 18.2 Å². The molecule has 4 nitrogen and oxygen atoms in total. The molecule has 21 heavy (non-hydrogen) atoms. The number of aryl methyl sites for hydroxylation is 1. The number of anilines is 1. The van der Waals surface area contributed by atoms with Gasteiger partial charge in [-0.3, -0.25) is 0 Å². The number of benzene rings is 1. The van der Waals surface area contributed by atoms with Crippen molar-refractivity contribution in [1.82, 2.24) is 4.72 Å². The molecule has 2 aliphatic rings. The first-order valence-electron chi connectivity index (χ1n) is 7.92. The smallest absolute Gasteiger partial charge is 0.212 e. The molecule has 5 heteroatoms. The Bertz CT molecular complexity index is 609. The zero-order valence-electron chi connectivity index (χ0n) is 12.3. The van der Waals surface area contributed by atoms with Gasteiger partial charge in [-0.05, 0) is 54.9 Å². The van der Waals surface area contributed by atoms with E-state index in [9.17, 15) is 8.42 Å². The summed E-state index contributed by atoms with van der Waals surface area (Å²) in [5.41, 5.74) is 8.86. The van der Waals surface area contributed by atoms with Gasteiger partial charge in [-0.15, -0.1) is 0 Å². The highest BCUT2D eigenvalue weighted by Crippen LogP contribution is 2.32. The molecule has 116 valence electrons. The Labute approximate surface area is 127 Å². The molecule has 0 heterocycles. The topological polar surface area (TPSA) is 72.2 Å². The normalized spacial score (nSPS) is 22.6. The first kappa shape index (κ1) is 14.9. The molecule has 1 unspecified atom stereocenters. The van der Waals surface area contributed by atoms with E-state index in [4.69, 9.17) is 5.73 Å². The van der Waals surface area contributed by atoms with Crippen molar-refractivity contribution in [2.24, 2.45) is 5.92 Å². The Kier molecular flexibility index (Phi) is 4.22. The summed E-state index contributed by atoms with van der Waals surface area (Å²) in [4.78, 5) is 0. The minimum atomic E-state index is -3.19. The van der Waals surface area contributed by atoms with Crippen molar-refractivity contribution >= 4 is 15.7 Å². The minimum Gasteiger partial charge on any atom is -0.399 e. The molecule has 0 amide bonds. The third-order valence-corrected chi connectivity index (χ3v) is 6.24. The summed E-state index contributed by atoms with van der Waals surface area (Å²) in [5.74, 6) is 0.887. The van der Waals surface area contributed by atoms with Crippen LogP contribution >= 0.6 is 0 Å². The fourth-order valence-corrected chi connectivity index (χ4v) is 4.78. The van der Waals surface area contributed by atoms with Crippen molar-refractivity contribution in [3.05, 3.63) is 29.3 Å². The second-order valence-electron chi connectivity index (χ2n) is 6.43. The molecule has 0 aromatic heterocycles. The number of hydrogen-bond donors (Lipinski definition) is 2. The maximum Gasteiger partial charge on any atom is 0.212 e. The van der Waals surface area contributed by atoms with E-state index >= 15 is 0 Å². The van der Waals surface area contributed by atoms with E-state index in [1.54, 1.807) is 0 Å². The second-order valence-corrected chi connectivity index (χ2v) is 8.30. The first-order chi connectivity index (χ1) is 10.0. The van der Waals surface area contributed by atoms with Gasteiger partial charge in [0.1, 0.15) is 0 Å². The summed E-state index contributed by atoms with van der Waals surface area (Å²) >= 11 is 0. The van der Waals surface area contributed by atoms with Crippen LogP contribution in [0.25, 0.3) is 0 Å². The molecule has 0 spiro atoms. The molecular formula is C16H24N2O2S. The average molecular weight is 308 g/mol. The lowest BCUT2D eigenvalue weighted by Gasteiger charge is -2.28. The van der Waals surface area contributed by atoms with Gasteiger partial charge in [0.15, 0.2) is 0 Å². The fraction of sp³-hybridized carbons (Fsp3) is 0.625. The highest BCUT2D eigenvalue weighted by atomic mass is 32.2. The predicted molar refractivity (Wildman–Crippen MR) is 85.4 cm³/mol. The Morgan fingerprint density at radius 1 is 1.19 bits per heavy atom. The van der Waals surface area contributed by atoms with Gasteiger partial charge in [0.05, 0.1) is 5.75 Å². The number of nitrogen functional groups attached to an aromatic ring is 1. The Morgan fingerprint density at radius 2 is 2.00 bits per heavy atom. The number of nitrogens with one attached hydrogen (secondary N) is 1. The maximum atomic E-state index is 12.3. The van der Waals surface area contributed by atoms with Gasteiger partial charge in [-0.2, -0.15) is 0 Å². The standard InChI is InChI=1S/C16H24N2O2S/c17-14-7-8-15-13(11-14)5-2-6-16(15)18-21(19,20)10-9-12-3-1-4-12/h7-8,11-12,16,18H,1-6,9-10,17H2. The second kappa shape index (κ2) is 5.97. The number of nitrogens with two attached hydrogens (primary N) is 1. The number of hydrogen-bond acceptors (Lipinski definition) is 3. The molecule has 0 bridgehead atoms.